The minimum absolute atomic E-state index is 0.0866. The molecular formula is C7H7ClN4O2. The first-order valence-corrected chi connectivity index (χ1v) is 4.13. The first-order chi connectivity index (χ1) is 6.74. The molecule has 2 heterocycles. The highest BCUT2D eigenvalue weighted by Crippen LogP contribution is 2.23. The first kappa shape index (κ1) is 9.01. The summed E-state index contributed by atoms with van der Waals surface area (Å²) in [6.07, 6.45) is 0. The van der Waals surface area contributed by atoms with Crippen LogP contribution < -0.4 is 9.47 Å². The minimum Gasteiger partial charge on any atom is -0.479 e. The van der Waals surface area contributed by atoms with Crippen molar-refractivity contribution in [1.29, 1.82) is 0 Å². The maximum Gasteiger partial charge on any atom is 0.296 e. The Labute approximate surface area is 84.2 Å². The quantitative estimate of drug-likeness (QED) is 0.756. The van der Waals surface area contributed by atoms with Gasteiger partial charge in [-0.05, 0) is 11.6 Å². The molecule has 0 bridgehead atoms. The number of aromatic nitrogens is 4. The van der Waals surface area contributed by atoms with Gasteiger partial charge < -0.3 is 14.5 Å². The van der Waals surface area contributed by atoms with E-state index in [-0.39, 0.29) is 5.28 Å². The van der Waals surface area contributed by atoms with Crippen LogP contribution in [0.4, 0.5) is 0 Å². The van der Waals surface area contributed by atoms with Crippen LogP contribution in [0.2, 0.25) is 5.28 Å². The van der Waals surface area contributed by atoms with E-state index in [1.54, 1.807) is 0 Å². The molecule has 0 aromatic carbocycles. The Morgan fingerprint density at radius 1 is 1.14 bits per heavy atom. The fourth-order valence-electron chi connectivity index (χ4n) is 1.07. The summed E-state index contributed by atoms with van der Waals surface area (Å²) >= 11 is 5.66. The molecule has 2 rings (SSSR count). The summed E-state index contributed by atoms with van der Waals surface area (Å²) in [4.78, 5) is 14.6. The van der Waals surface area contributed by atoms with E-state index in [0.29, 0.717) is 23.1 Å². The van der Waals surface area contributed by atoms with E-state index in [0.717, 1.165) is 0 Å². The predicted octanol–water partition coefficient (Wildman–Crippen LogP) is 1.02. The van der Waals surface area contributed by atoms with E-state index in [4.69, 9.17) is 21.1 Å². The van der Waals surface area contributed by atoms with Crippen LogP contribution in [0.15, 0.2) is 0 Å². The van der Waals surface area contributed by atoms with Gasteiger partial charge in [0.15, 0.2) is 11.2 Å². The van der Waals surface area contributed by atoms with Gasteiger partial charge in [-0.3, -0.25) is 0 Å². The zero-order valence-electron chi connectivity index (χ0n) is 7.54. The highest BCUT2D eigenvalue weighted by molar-refractivity contribution is 6.28. The standard InChI is InChI=1S/C7H7ClN4O2/c1-13-5-3-4(10-6(8)12-5)11-7(9-3)14-2/h1-2H3,(H,9,10,11,12). The number of halogens is 1. The molecule has 0 unspecified atom stereocenters. The second kappa shape index (κ2) is 3.30. The molecular weight excluding hydrogens is 208 g/mol. The molecule has 0 amide bonds. The summed E-state index contributed by atoms with van der Waals surface area (Å²) < 4.78 is 9.91. The zero-order chi connectivity index (χ0) is 10.1. The largest absolute Gasteiger partial charge is 0.479 e. The lowest BCUT2D eigenvalue weighted by Gasteiger charge is -1.98. The van der Waals surface area contributed by atoms with Crippen LogP contribution in [-0.4, -0.2) is 34.2 Å². The SMILES string of the molecule is COc1nc2nc(Cl)nc(OC)c2[nH]1. The summed E-state index contributed by atoms with van der Waals surface area (Å²) in [6, 6.07) is 0.342. The Morgan fingerprint density at radius 2 is 1.93 bits per heavy atom. The molecule has 0 saturated carbocycles. The molecule has 7 heteroatoms. The molecule has 0 saturated heterocycles. The lowest BCUT2D eigenvalue weighted by atomic mass is 10.5. The van der Waals surface area contributed by atoms with Crippen molar-refractivity contribution in [3.63, 3.8) is 0 Å². The lowest BCUT2D eigenvalue weighted by molar-refractivity contribution is 0.384. The number of aromatic amines is 1. The number of hydrogen-bond donors (Lipinski definition) is 1. The maximum atomic E-state index is 5.66. The summed E-state index contributed by atoms with van der Waals surface area (Å²) in [5.41, 5.74) is 0.979. The Kier molecular flexibility index (Phi) is 2.12. The predicted molar refractivity (Wildman–Crippen MR) is 49.8 cm³/mol. The number of imidazole rings is 1. The average Bonchev–Trinajstić information content (AvgIpc) is 2.59. The number of ether oxygens (including phenoxy) is 2. The van der Waals surface area contributed by atoms with Crippen molar-refractivity contribution in [2.24, 2.45) is 0 Å². The molecule has 0 atom stereocenters. The highest BCUT2D eigenvalue weighted by atomic mass is 35.5. The number of fused-ring (bicyclic) bond motifs is 1. The molecule has 6 nitrogen and oxygen atoms in total. The van der Waals surface area contributed by atoms with E-state index in [1.165, 1.54) is 14.2 Å². The first-order valence-electron chi connectivity index (χ1n) is 3.76. The maximum absolute atomic E-state index is 5.66. The van der Waals surface area contributed by atoms with Crippen LogP contribution >= 0.6 is 11.6 Å². The van der Waals surface area contributed by atoms with Crippen molar-refractivity contribution in [1.82, 2.24) is 19.9 Å². The summed E-state index contributed by atoms with van der Waals surface area (Å²) in [6.45, 7) is 0. The lowest BCUT2D eigenvalue weighted by Crippen LogP contribution is -1.91. The third kappa shape index (κ3) is 1.33. The van der Waals surface area contributed by atoms with Crippen LogP contribution in [0.1, 0.15) is 0 Å². The van der Waals surface area contributed by atoms with Gasteiger partial charge in [0.2, 0.25) is 11.2 Å². The van der Waals surface area contributed by atoms with Crippen molar-refractivity contribution >= 4 is 22.8 Å². The fraction of sp³-hybridized carbons (Fsp3) is 0.286. The number of methoxy groups -OCH3 is 2. The number of hydrogen-bond acceptors (Lipinski definition) is 5. The smallest absolute Gasteiger partial charge is 0.296 e. The van der Waals surface area contributed by atoms with E-state index in [2.05, 4.69) is 19.9 Å². The van der Waals surface area contributed by atoms with Gasteiger partial charge in [-0.15, -0.1) is 0 Å². The van der Waals surface area contributed by atoms with Crippen molar-refractivity contribution in [3.05, 3.63) is 5.28 Å². The number of nitrogens with zero attached hydrogens (tertiary/aromatic N) is 3. The molecule has 0 radical (unpaired) electrons. The molecule has 2 aromatic heterocycles. The molecule has 2 aromatic rings. The average molecular weight is 215 g/mol. The molecule has 0 aliphatic carbocycles. The Balaban J connectivity index is 2.71. The zero-order valence-corrected chi connectivity index (χ0v) is 8.29. The van der Waals surface area contributed by atoms with Crippen molar-refractivity contribution < 1.29 is 9.47 Å². The van der Waals surface area contributed by atoms with Gasteiger partial charge in [0.25, 0.3) is 6.01 Å². The van der Waals surface area contributed by atoms with Crippen molar-refractivity contribution in [2.45, 2.75) is 0 Å². The second-order valence-electron chi connectivity index (χ2n) is 2.45. The van der Waals surface area contributed by atoms with Crippen LogP contribution in [0.5, 0.6) is 11.9 Å². The molecule has 0 fully saturated rings. The highest BCUT2D eigenvalue weighted by Gasteiger charge is 2.12. The van der Waals surface area contributed by atoms with Gasteiger partial charge in [0.05, 0.1) is 14.2 Å². The summed E-state index contributed by atoms with van der Waals surface area (Å²) in [5, 5.41) is 0.0866. The third-order valence-corrected chi connectivity index (χ3v) is 1.82. The van der Waals surface area contributed by atoms with Gasteiger partial charge in [0, 0.05) is 0 Å². The van der Waals surface area contributed by atoms with E-state index in [1.807, 2.05) is 0 Å². The number of rotatable bonds is 2. The van der Waals surface area contributed by atoms with Gasteiger partial charge in [0.1, 0.15) is 0 Å². The number of H-pyrrole nitrogens is 1. The Hall–Kier alpha value is -1.56. The minimum atomic E-state index is 0.0866. The number of nitrogens with one attached hydrogen (secondary N) is 1. The fourth-order valence-corrected chi connectivity index (χ4v) is 1.23. The van der Waals surface area contributed by atoms with Crippen LogP contribution in [0.25, 0.3) is 11.2 Å². The molecule has 0 aliphatic heterocycles. The van der Waals surface area contributed by atoms with Crippen molar-refractivity contribution in [2.75, 3.05) is 14.2 Å². The molecule has 0 aliphatic rings. The van der Waals surface area contributed by atoms with Crippen LogP contribution in [0, 0.1) is 0 Å². The van der Waals surface area contributed by atoms with Gasteiger partial charge in [-0.1, -0.05) is 0 Å². The van der Waals surface area contributed by atoms with E-state index < -0.39 is 0 Å². The second-order valence-corrected chi connectivity index (χ2v) is 2.78. The molecule has 14 heavy (non-hydrogen) atoms. The summed E-state index contributed by atoms with van der Waals surface area (Å²) in [5.74, 6) is 0.343. The van der Waals surface area contributed by atoms with Crippen LogP contribution in [0.3, 0.4) is 0 Å². The van der Waals surface area contributed by atoms with Gasteiger partial charge >= 0.3 is 0 Å². The molecule has 1 N–H and O–H groups in total. The van der Waals surface area contributed by atoms with E-state index >= 15 is 0 Å². The van der Waals surface area contributed by atoms with Crippen molar-refractivity contribution in [3.8, 4) is 11.9 Å². The van der Waals surface area contributed by atoms with Gasteiger partial charge in [-0.2, -0.15) is 15.0 Å². The third-order valence-electron chi connectivity index (χ3n) is 1.66. The topological polar surface area (TPSA) is 72.9 Å². The normalized spacial score (nSPS) is 10.5. The van der Waals surface area contributed by atoms with Crippen LogP contribution in [-0.2, 0) is 0 Å². The Morgan fingerprint density at radius 3 is 2.57 bits per heavy atom. The monoisotopic (exact) mass is 214 g/mol. The molecule has 74 valence electrons. The summed E-state index contributed by atoms with van der Waals surface area (Å²) in [7, 11) is 2.99. The van der Waals surface area contributed by atoms with Gasteiger partial charge in [-0.25, -0.2) is 0 Å². The van der Waals surface area contributed by atoms with E-state index in [9.17, 15) is 0 Å². The molecule has 0 spiro atoms. The Bertz CT molecular complexity index is 470.